The van der Waals surface area contributed by atoms with Crippen molar-refractivity contribution in [3.05, 3.63) is 24.3 Å². The number of amides is 4. The number of hydrogen-bond donors (Lipinski definition) is 0. The summed E-state index contributed by atoms with van der Waals surface area (Å²) in [4.78, 5) is 53.3. The van der Waals surface area contributed by atoms with E-state index in [9.17, 15) is 19.2 Å². The van der Waals surface area contributed by atoms with E-state index in [1.54, 1.807) is 0 Å². The maximum absolute atomic E-state index is 12.8. The van der Waals surface area contributed by atoms with Crippen LogP contribution in [0, 0.1) is 23.7 Å². The van der Waals surface area contributed by atoms with Gasteiger partial charge in [-0.1, -0.05) is 52.0 Å². The highest BCUT2D eigenvalue weighted by atomic mass is 16.2. The molecule has 2 heterocycles. The fourth-order valence-corrected chi connectivity index (χ4v) is 5.00. The van der Waals surface area contributed by atoms with E-state index in [2.05, 4.69) is 52.0 Å². The van der Waals surface area contributed by atoms with E-state index in [-0.39, 0.29) is 47.3 Å². The van der Waals surface area contributed by atoms with Crippen molar-refractivity contribution in [3.63, 3.8) is 0 Å². The summed E-state index contributed by atoms with van der Waals surface area (Å²) in [5, 5.41) is 0. The first kappa shape index (κ1) is 27.0. The Bertz CT molecular complexity index is 695. The van der Waals surface area contributed by atoms with Gasteiger partial charge in [0.2, 0.25) is 23.6 Å². The normalized spacial score (nSPS) is 23.6. The van der Waals surface area contributed by atoms with E-state index in [4.69, 9.17) is 0 Å². The van der Waals surface area contributed by atoms with E-state index in [0.717, 1.165) is 32.1 Å². The molecular formula is C27H42N2O4. The van der Waals surface area contributed by atoms with Crippen molar-refractivity contribution >= 4 is 23.6 Å². The number of carbonyl (C=O) groups excluding carboxylic acids is 4. The van der Waals surface area contributed by atoms with Gasteiger partial charge in [0.25, 0.3) is 0 Å². The summed E-state index contributed by atoms with van der Waals surface area (Å²) in [6.45, 7) is 9.08. The second-order valence-corrected chi connectivity index (χ2v) is 9.27. The molecule has 0 spiro atoms. The van der Waals surface area contributed by atoms with Crippen molar-refractivity contribution < 1.29 is 19.2 Å². The Kier molecular flexibility index (Phi) is 11.0. The van der Waals surface area contributed by atoms with Crippen LogP contribution in [0.15, 0.2) is 24.3 Å². The Hall–Kier alpha value is -2.24. The van der Waals surface area contributed by atoms with E-state index < -0.39 is 0 Å². The van der Waals surface area contributed by atoms with Gasteiger partial charge in [0.05, 0.1) is 11.8 Å². The van der Waals surface area contributed by atoms with Crippen LogP contribution < -0.4 is 0 Å². The third kappa shape index (κ3) is 6.87. The van der Waals surface area contributed by atoms with Gasteiger partial charge in [-0.25, -0.2) is 0 Å². The van der Waals surface area contributed by atoms with Gasteiger partial charge in [-0.3, -0.25) is 29.0 Å². The van der Waals surface area contributed by atoms with Gasteiger partial charge >= 0.3 is 0 Å². The summed E-state index contributed by atoms with van der Waals surface area (Å²) in [5.41, 5.74) is 0. The largest absolute Gasteiger partial charge is 0.282 e. The van der Waals surface area contributed by atoms with Crippen LogP contribution in [0.1, 0.15) is 85.5 Å². The minimum atomic E-state index is -0.240. The molecule has 6 heteroatoms. The molecule has 33 heavy (non-hydrogen) atoms. The van der Waals surface area contributed by atoms with Gasteiger partial charge < -0.3 is 0 Å². The Morgan fingerprint density at radius 2 is 1.09 bits per heavy atom. The van der Waals surface area contributed by atoms with Crippen LogP contribution in [-0.4, -0.2) is 46.5 Å². The van der Waals surface area contributed by atoms with Gasteiger partial charge in [0.1, 0.15) is 0 Å². The maximum Gasteiger partial charge on any atom is 0.233 e. The van der Waals surface area contributed by atoms with Crippen LogP contribution in [0.5, 0.6) is 0 Å². The number of carbonyl (C=O) groups is 4. The Morgan fingerprint density at radius 3 is 1.42 bits per heavy atom. The number of unbranched alkanes of at least 4 members (excludes halogenated alkanes) is 2. The van der Waals surface area contributed by atoms with Crippen LogP contribution in [0.3, 0.4) is 0 Å². The molecule has 0 bridgehead atoms. The Morgan fingerprint density at radius 1 is 0.697 bits per heavy atom. The van der Waals surface area contributed by atoms with Gasteiger partial charge in [0, 0.05) is 25.9 Å². The lowest BCUT2D eigenvalue weighted by atomic mass is 9.88. The molecular weight excluding hydrogens is 416 g/mol. The molecule has 0 radical (unpaired) electrons. The number of rotatable bonds is 14. The first-order valence-corrected chi connectivity index (χ1v) is 12.9. The van der Waals surface area contributed by atoms with Crippen LogP contribution in [0.4, 0.5) is 0 Å². The average Bonchev–Trinajstić information content (AvgIpc) is 3.24. The quantitative estimate of drug-likeness (QED) is 0.211. The third-order valence-electron chi connectivity index (χ3n) is 7.04. The summed E-state index contributed by atoms with van der Waals surface area (Å²) in [6, 6.07) is 0. The molecule has 0 aromatic rings. The first-order chi connectivity index (χ1) is 15.9. The minimum absolute atomic E-state index is 0.0499. The summed E-state index contributed by atoms with van der Waals surface area (Å²) in [7, 11) is 0. The van der Waals surface area contributed by atoms with Crippen molar-refractivity contribution in [2.45, 2.75) is 85.5 Å². The average molecular weight is 459 g/mol. The lowest BCUT2D eigenvalue weighted by Crippen LogP contribution is -2.34. The van der Waals surface area contributed by atoms with Crippen molar-refractivity contribution in [2.75, 3.05) is 13.1 Å². The highest BCUT2D eigenvalue weighted by molar-refractivity contribution is 6.04. The Labute approximate surface area is 199 Å². The van der Waals surface area contributed by atoms with Crippen molar-refractivity contribution in [3.8, 4) is 0 Å². The molecule has 6 nitrogen and oxygen atoms in total. The molecule has 0 aromatic carbocycles. The van der Waals surface area contributed by atoms with Gasteiger partial charge in [0.15, 0.2) is 0 Å². The topological polar surface area (TPSA) is 74.8 Å². The Balaban J connectivity index is 1.80. The number of likely N-dealkylation sites (tertiary alicyclic amines) is 2. The molecule has 0 saturated carbocycles. The maximum atomic E-state index is 12.8. The van der Waals surface area contributed by atoms with E-state index >= 15 is 0 Å². The monoisotopic (exact) mass is 458 g/mol. The molecule has 184 valence electrons. The zero-order valence-corrected chi connectivity index (χ0v) is 20.9. The summed E-state index contributed by atoms with van der Waals surface area (Å²) < 4.78 is 0. The van der Waals surface area contributed by atoms with Gasteiger partial charge in [-0.05, 0) is 56.8 Å². The second kappa shape index (κ2) is 13.5. The SMILES string of the molecule is CC/C=C/C(CC)C1CC(=O)N(CCCCCN2C(=O)CC(C(/C=C/CC)CC)C2=O)C1=O. The lowest BCUT2D eigenvalue weighted by molar-refractivity contribution is -0.141. The van der Waals surface area contributed by atoms with Crippen LogP contribution in [-0.2, 0) is 19.2 Å². The molecule has 2 rings (SSSR count). The fourth-order valence-electron chi connectivity index (χ4n) is 5.00. The number of hydrogen-bond acceptors (Lipinski definition) is 4. The summed E-state index contributed by atoms with van der Waals surface area (Å²) in [6.07, 6.45) is 14.6. The molecule has 2 fully saturated rings. The van der Waals surface area contributed by atoms with Crippen LogP contribution in [0.2, 0.25) is 0 Å². The standard InChI is InChI=1S/C27H42N2O4/c1-5-9-14-20(7-3)22-18-24(30)28(26(22)32)16-12-11-13-17-29-25(31)19-23(27(29)33)21(8-4)15-10-6-2/h9-10,14-15,20-23H,5-8,11-13,16-19H2,1-4H3/b14-9+,15-10+. The molecule has 4 amide bonds. The van der Waals surface area contributed by atoms with Crippen LogP contribution in [0.25, 0.3) is 0 Å². The van der Waals surface area contributed by atoms with Crippen molar-refractivity contribution in [1.29, 1.82) is 0 Å². The first-order valence-electron chi connectivity index (χ1n) is 12.9. The summed E-state index contributed by atoms with van der Waals surface area (Å²) in [5.74, 6) is -0.502. The zero-order valence-electron chi connectivity index (χ0n) is 20.9. The van der Waals surface area contributed by atoms with E-state index in [0.29, 0.717) is 38.8 Å². The van der Waals surface area contributed by atoms with Gasteiger partial charge in [-0.15, -0.1) is 0 Å². The highest BCUT2D eigenvalue weighted by Crippen LogP contribution is 2.31. The molecule has 0 N–H and O–H groups in total. The molecule has 2 saturated heterocycles. The predicted molar refractivity (Wildman–Crippen MR) is 130 cm³/mol. The molecule has 4 unspecified atom stereocenters. The number of allylic oxidation sites excluding steroid dienone is 4. The minimum Gasteiger partial charge on any atom is -0.282 e. The molecule has 2 aliphatic rings. The number of nitrogens with zero attached hydrogens (tertiary/aromatic N) is 2. The zero-order chi connectivity index (χ0) is 24.4. The fraction of sp³-hybridized carbons (Fsp3) is 0.704. The van der Waals surface area contributed by atoms with Crippen molar-refractivity contribution in [2.24, 2.45) is 23.7 Å². The molecule has 0 aromatic heterocycles. The summed E-state index contributed by atoms with van der Waals surface area (Å²) >= 11 is 0. The lowest BCUT2D eigenvalue weighted by Gasteiger charge is -2.19. The second-order valence-electron chi connectivity index (χ2n) is 9.27. The third-order valence-corrected chi connectivity index (χ3v) is 7.04. The molecule has 2 aliphatic heterocycles. The predicted octanol–water partition coefficient (Wildman–Crippen LogP) is 4.89. The van der Waals surface area contributed by atoms with Gasteiger partial charge in [-0.2, -0.15) is 0 Å². The number of imide groups is 2. The van der Waals surface area contributed by atoms with E-state index in [1.807, 2.05) is 0 Å². The van der Waals surface area contributed by atoms with Crippen LogP contribution >= 0.6 is 0 Å². The smallest absolute Gasteiger partial charge is 0.233 e. The molecule has 4 atom stereocenters. The highest BCUT2D eigenvalue weighted by Gasteiger charge is 2.42. The van der Waals surface area contributed by atoms with E-state index in [1.165, 1.54) is 9.80 Å². The molecule has 0 aliphatic carbocycles. The van der Waals surface area contributed by atoms with Crippen molar-refractivity contribution in [1.82, 2.24) is 9.80 Å².